The van der Waals surface area contributed by atoms with Gasteiger partial charge in [-0.05, 0) is 35.4 Å². The minimum Gasteiger partial charge on any atom is -0.494 e. The number of benzene rings is 2. The Hall–Kier alpha value is -3.15. The molecular formula is C19H18FN3O2. The van der Waals surface area contributed by atoms with Gasteiger partial charge in [-0.15, -0.1) is 0 Å². The molecule has 1 amide bonds. The first kappa shape index (κ1) is 16.7. The van der Waals surface area contributed by atoms with Crippen LogP contribution >= 0.6 is 0 Å². The highest BCUT2D eigenvalue weighted by Gasteiger charge is 2.09. The Morgan fingerprint density at radius 1 is 1.20 bits per heavy atom. The lowest BCUT2D eigenvalue weighted by Crippen LogP contribution is -2.22. The molecule has 0 bridgehead atoms. The van der Waals surface area contributed by atoms with Gasteiger partial charge >= 0.3 is 0 Å². The molecule has 3 rings (SSSR count). The highest BCUT2D eigenvalue weighted by molar-refractivity contribution is 5.94. The van der Waals surface area contributed by atoms with Crippen LogP contribution in [0.5, 0.6) is 5.75 Å². The minimum absolute atomic E-state index is 0.115. The molecule has 0 spiro atoms. The molecule has 0 saturated heterocycles. The molecule has 2 aromatic carbocycles. The topological polar surface area (TPSA) is 56.1 Å². The fraction of sp³-hybridized carbons (Fsp3) is 0.158. The molecule has 0 aliphatic rings. The second kappa shape index (κ2) is 7.61. The van der Waals surface area contributed by atoms with Crippen LogP contribution in [0.3, 0.4) is 0 Å². The smallest absolute Gasteiger partial charge is 0.251 e. The van der Waals surface area contributed by atoms with E-state index in [4.69, 9.17) is 4.74 Å². The average molecular weight is 339 g/mol. The van der Waals surface area contributed by atoms with Crippen molar-refractivity contribution in [3.63, 3.8) is 0 Å². The maximum atomic E-state index is 13.7. The Bertz CT molecular complexity index is 846. The van der Waals surface area contributed by atoms with E-state index in [9.17, 15) is 9.18 Å². The number of hydrogen-bond donors (Lipinski definition) is 1. The van der Waals surface area contributed by atoms with Gasteiger partial charge in [0, 0.05) is 24.5 Å². The predicted molar refractivity (Wildman–Crippen MR) is 91.9 cm³/mol. The van der Waals surface area contributed by atoms with Gasteiger partial charge in [-0.2, -0.15) is 5.10 Å². The van der Waals surface area contributed by atoms with E-state index in [2.05, 4.69) is 10.4 Å². The second-order valence-corrected chi connectivity index (χ2v) is 5.55. The van der Waals surface area contributed by atoms with Gasteiger partial charge in [0.25, 0.3) is 5.91 Å². The summed E-state index contributed by atoms with van der Waals surface area (Å²) in [4.78, 5) is 12.1. The third-order valence-corrected chi connectivity index (χ3v) is 3.79. The van der Waals surface area contributed by atoms with E-state index < -0.39 is 5.82 Å². The molecule has 0 aliphatic heterocycles. The van der Waals surface area contributed by atoms with Crippen LogP contribution in [0.4, 0.5) is 4.39 Å². The highest BCUT2D eigenvalue weighted by Crippen LogP contribution is 2.17. The van der Waals surface area contributed by atoms with E-state index in [0.717, 1.165) is 11.1 Å². The molecule has 1 N–H and O–H groups in total. The van der Waals surface area contributed by atoms with Crippen molar-refractivity contribution in [2.75, 3.05) is 7.11 Å². The quantitative estimate of drug-likeness (QED) is 0.751. The summed E-state index contributed by atoms with van der Waals surface area (Å²) in [6.45, 7) is 1.07. The Labute approximate surface area is 145 Å². The number of methoxy groups -OCH3 is 1. The van der Waals surface area contributed by atoms with Crippen LogP contribution < -0.4 is 10.1 Å². The number of amides is 1. The lowest BCUT2D eigenvalue weighted by Gasteiger charge is -2.08. The van der Waals surface area contributed by atoms with Crippen molar-refractivity contribution < 1.29 is 13.9 Å². The summed E-state index contributed by atoms with van der Waals surface area (Å²) in [5, 5.41) is 6.95. The van der Waals surface area contributed by atoms with E-state index in [-0.39, 0.29) is 17.2 Å². The molecule has 6 heteroatoms. The molecule has 0 aliphatic carbocycles. The standard InChI is InChI=1S/C19H18FN3O2/c1-25-18-8-7-16(11-17(18)20)19(24)21-12-14-3-5-15(6-4-14)13-23-10-2-9-22-23/h2-11H,12-13H2,1H3,(H,21,24). The molecule has 3 aromatic rings. The van der Waals surface area contributed by atoms with Crippen LogP contribution in [0.2, 0.25) is 0 Å². The van der Waals surface area contributed by atoms with Crippen molar-refractivity contribution in [3.05, 3.63) is 83.4 Å². The van der Waals surface area contributed by atoms with Gasteiger partial charge in [-0.3, -0.25) is 9.48 Å². The number of nitrogens with zero attached hydrogens (tertiary/aromatic N) is 2. The predicted octanol–water partition coefficient (Wildman–Crippen LogP) is 3.01. The van der Waals surface area contributed by atoms with E-state index in [1.54, 1.807) is 6.20 Å². The number of rotatable bonds is 6. The summed E-state index contributed by atoms with van der Waals surface area (Å²) >= 11 is 0. The monoisotopic (exact) mass is 339 g/mol. The maximum absolute atomic E-state index is 13.7. The Balaban J connectivity index is 1.57. The van der Waals surface area contributed by atoms with Gasteiger partial charge in [0.05, 0.1) is 13.7 Å². The third kappa shape index (κ3) is 4.23. The molecular weight excluding hydrogens is 321 g/mol. The number of aromatic nitrogens is 2. The number of hydrogen-bond acceptors (Lipinski definition) is 3. The van der Waals surface area contributed by atoms with Gasteiger partial charge < -0.3 is 10.1 Å². The van der Waals surface area contributed by atoms with Gasteiger partial charge in [0.2, 0.25) is 0 Å². The minimum atomic E-state index is -0.557. The second-order valence-electron chi connectivity index (χ2n) is 5.55. The first-order chi connectivity index (χ1) is 12.2. The van der Waals surface area contributed by atoms with Gasteiger partial charge in [-0.1, -0.05) is 24.3 Å². The van der Waals surface area contributed by atoms with Crippen LogP contribution in [-0.4, -0.2) is 22.8 Å². The van der Waals surface area contributed by atoms with E-state index in [1.165, 1.54) is 25.3 Å². The molecule has 0 unspecified atom stereocenters. The number of ether oxygens (including phenoxy) is 1. The maximum Gasteiger partial charge on any atom is 0.251 e. The Morgan fingerprint density at radius 3 is 2.60 bits per heavy atom. The molecule has 128 valence electrons. The van der Waals surface area contributed by atoms with Crippen molar-refractivity contribution >= 4 is 5.91 Å². The number of halogens is 1. The zero-order valence-electron chi connectivity index (χ0n) is 13.8. The normalized spacial score (nSPS) is 10.5. The van der Waals surface area contributed by atoms with E-state index >= 15 is 0 Å². The zero-order valence-corrected chi connectivity index (χ0v) is 13.8. The molecule has 0 saturated carbocycles. The van der Waals surface area contributed by atoms with Gasteiger partial charge in [0.15, 0.2) is 11.6 Å². The first-order valence-corrected chi connectivity index (χ1v) is 7.82. The van der Waals surface area contributed by atoms with Gasteiger partial charge in [-0.25, -0.2) is 4.39 Å². The molecule has 1 aromatic heterocycles. The average Bonchev–Trinajstić information content (AvgIpc) is 3.14. The van der Waals surface area contributed by atoms with Crippen LogP contribution in [0.25, 0.3) is 0 Å². The van der Waals surface area contributed by atoms with Crippen molar-refractivity contribution in [1.82, 2.24) is 15.1 Å². The Morgan fingerprint density at radius 2 is 1.96 bits per heavy atom. The number of nitrogens with one attached hydrogen (secondary N) is 1. The summed E-state index contributed by atoms with van der Waals surface area (Å²) in [5.74, 6) is -0.774. The fourth-order valence-corrected chi connectivity index (χ4v) is 2.44. The van der Waals surface area contributed by atoms with Crippen molar-refractivity contribution in [3.8, 4) is 5.75 Å². The largest absolute Gasteiger partial charge is 0.494 e. The summed E-state index contributed by atoms with van der Waals surface area (Å²) in [7, 11) is 1.38. The van der Waals surface area contributed by atoms with Crippen LogP contribution in [0.15, 0.2) is 60.9 Å². The van der Waals surface area contributed by atoms with E-state index in [1.807, 2.05) is 41.2 Å². The van der Waals surface area contributed by atoms with Crippen molar-refractivity contribution in [2.24, 2.45) is 0 Å². The summed E-state index contributed by atoms with van der Waals surface area (Å²) in [5.41, 5.74) is 2.34. The fourth-order valence-electron chi connectivity index (χ4n) is 2.44. The Kier molecular flexibility index (Phi) is 5.09. The summed E-state index contributed by atoms with van der Waals surface area (Å²) in [6.07, 6.45) is 3.65. The van der Waals surface area contributed by atoms with Crippen molar-refractivity contribution in [1.29, 1.82) is 0 Å². The molecule has 0 fully saturated rings. The molecule has 25 heavy (non-hydrogen) atoms. The molecule has 1 heterocycles. The van der Waals surface area contributed by atoms with E-state index in [0.29, 0.717) is 13.1 Å². The molecule has 5 nitrogen and oxygen atoms in total. The SMILES string of the molecule is COc1ccc(C(=O)NCc2ccc(Cn3cccn3)cc2)cc1F. The highest BCUT2D eigenvalue weighted by atomic mass is 19.1. The number of carbonyl (C=O) groups excluding carboxylic acids is 1. The molecule has 0 atom stereocenters. The summed E-state index contributed by atoms with van der Waals surface area (Å²) in [6, 6.07) is 13.9. The zero-order chi connectivity index (χ0) is 17.6. The first-order valence-electron chi connectivity index (χ1n) is 7.82. The van der Waals surface area contributed by atoms with Crippen molar-refractivity contribution in [2.45, 2.75) is 13.1 Å². The van der Waals surface area contributed by atoms with Gasteiger partial charge in [0.1, 0.15) is 0 Å². The number of carbonyl (C=O) groups is 1. The lowest BCUT2D eigenvalue weighted by atomic mass is 10.1. The summed E-state index contributed by atoms with van der Waals surface area (Å²) < 4.78 is 20.3. The van der Waals surface area contributed by atoms with Crippen LogP contribution in [0.1, 0.15) is 21.5 Å². The van der Waals surface area contributed by atoms with Crippen LogP contribution in [0, 0.1) is 5.82 Å². The lowest BCUT2D eigenvalue weighted by molar-refractivity contribution is 0.0950. The van der Waals surface area contributed by atoms with Crippen LogP contribution in [-0.2, 0) is 13.1 Å². The third-order valence-electron chi connectivity index (χ3n) is 3.79. The molecule has 0 radical (unpaired) electrons.